The van der Waals surface area contributed by atoms with Crippen molar-refractivity contribution in [2.75, 3.05) is 33.2 Å². The molecule has 1 amide bonds. The minimum absolute atomic E-state index is 0.102. The minimum Gasteiger partial charge on any atom is -0.336 e. The highest BCUT2D eigenvalue weighted by atomic mass is 32.2. The molecule has 0 spiro atoms. The maximum atomic E-state index is 13.5. The standard InChI is InChI=1S/C22H25FN4OS.C4H6O/c1-15-17-5-3-4-6-18(17)20(25-24-15)14-16-7-8-21(29-23)19(13-16)22(28)27-11-9-26(2)10-12-27;5-3-4-1-2-4/h5-8,13,24H,1,3-4,9-12,14H2,2H3;3-4H,1-2H2. The molecule has 0 radical (unpaired) electrons. The van der Waals surface area contributed by atoms with E-state index in [1.165, 1.54) is 0 Å². The first-order valence-electron chi connectivity index (χ1n) is 11.8. The van der Waals surface area contributed by atoms with Crippen molar-refractivity contribution in [1.29, 1.82) is 0 Å². The lowest BCUT2D eigenvalue weighted by Crippen LogP contribution is -2.47. The summed E-state index contributed by atoms with van der Waals surface area (Å²) < 4.78 is 13.5. The molecular weight excluding hydrogens is 451 g/mol. The summed E-state index contributed by atoms with van der Waals surface area (Å²) in [6.45, 7) is 7.02. The van der Waals surface area contributed by atoms with Gasteiger partial charge < -0.3 is 14.6 Å². The summed E-state index contributed by atoms with van der Waals surface area (Å²) in [6.07, 6.45) is 10.2. The number of hydrogen-bond acceptors (Lipinski definition) is 6. The second-order valence-electron chi connectivity index (χ2n) is 9.12. The van der Waals surface area contributed by atoms with E-state index in [-0.39, 0.29) is 18.1 Å². The Bertz CT molecular complexity index is 1050. The Hall–Kier alpha value is -2.71. The molecule has 5 rings (SSSR count). The average molecular weight is 483 g/mol. The predicted molar refractivity (Wildman–Crippen MR) is 134 cm³/mol. The lowest BCUT2D eigenvalue weighted by molar-refractivity contribution is -0.108. The first-order chi connectivity index (χ1) is 16.5. The number of allylic oxidation sites excluding steroid dienone is 3. The summed E-state index contributed by atoms with van der Waals surface area (Å²) in [6, 6.07) is 5.40. The molecule has 1 N–H and O–H groups in total. The molecule has 0 aromatic heterocycles. The predicted octanol–water partition coefficient (Wildman–Crippen LogP) is 4.31. The summed E-state index contributed by atoms with van der Waals surface area (Å²) >= 11 is 0.129. The Kier molecular flexibility index (Phi) is 8.00. The van der Waals surface area contributed by atoms with Crippen LogP contribution in [-0.4, -0.2) is 60.9 Å². The molecule has 6 nitrogen and oxygen atoms in total. The summed E-state index contributed by atoms with van der Waals surface area (Å²) in [5, 5.41) is 4.48. The van der Waals surface area contributed by atoms with E-state index < -0.39 is 0 Å². The largest absolute Gasteiger partial charge is 0.336 e. The lowest BCUT2D eigenvalue weighted by atomic mass is 9.88. The third-order valence-corrected chi connectivity index (χ3v) is 6.97. The molecule has 2 fully saturated rings. The van der Waals surface area contributed by atoms with Gasteiger partial charge in [-0.2, -0.15) is 8.99 Å². The number of carbonyl (C=O) groups excluding carboxylic acids is 2. The molecule has 34 heavy (non-hydrogen) atoms. The molecule has 180 valence electrons. The van der Waals surface area contributed by atoms with Gasteiger partial charge in [-0.05, 0) is 50.4 Å². The Labute approximate surface area is 204 Å². The molecule has 0 bridgehead atoms. The topological polar surface area (TPSA) is 65.0 Å². The number of halogens is 1. The highest BCUT2D eigenvalue weighted by Crippen LogP contribution is 2.30. The van der Waals surface area contributed by atoms with Gasteiger partial charge in [0.15, 0.2) is 0 Å². The van der Waals surface area contributed by atoms with Gasteiger partial charge in [-0.25, -0.2) is 0 Å². The number of hydrogen-bond donors (Lipinski definition) is 1. The summed E-state index contributed by atoms with van der Waals surface area (Å²) in [4.78, 5) is 27.0. The van der Waals surface area contributed by atoms with Crippen LogP contribution in [0.15, 0.2) is 63.8 Å². The Morgan fingerprint density at radius 3 is 2.53 bits per heavy atom. The zero-order valence-corrected chi connectivity index (χ0v) is 20.4. The van der Waals surface area contributed by atoms with Gasteiger partial charge in [-0.15, -0.1) is 0 Å². The second kappa shape index (κ2) is 11.1. The van der Waals surface area contributed by atoms with Crippen LogP contribution in [0.2, 0.25) is 0 Å². The Morgan fingerprint density at radius 1 is 1.21 bits per heavy atom. The molecule has 0 unspecified atom stereocenters. The van der Waals surface area contributed by atoms with Crippen LogP contribution in [0.5, 0.6) is 0 Å². The van der Waals surface area contributed by atoms with Crippen LogP contribution in [0.1, 0.15) is 41.6 Å². The zero-order valence-electron chi connectivity index (χ0n) is 19.6. The molecule has 4 aliphatic rings. The lowest BCUT2D eigenvalue weighted by Gasteiger charge is -2.32. The Morgan fingerprint density at radius 2 is 1.91 bits per heavy atom. The molecule has 1 saturated carbocycles. The van der Waals surface area contributed by atoms with Crippen LogP contribution in [0.4, 0.5) is 3.89 Å². The smallest absolute Gasteiger partial charge is 0.255 e. The van der Waals surface area contributed by atoms with Crippen LogP contribution in [0.3, 0.4) is 0 Å². The number of benzene rings is 1. The van der Waals surface area contributed by atoms with E-state index in [1.807, 2.05) is 24.1 Å². The van der Waals surface area contributed by atoms with Gasteiger partial charge in [0.25, 0.3) is 5.91 Å². The van der Waals surface area contributed by atoms with Crippen molar-refractivity contribution in [2.45, 2.75) is 37.0 Å². The molecule has 1 aromatic carbocycles. The molecule has 0 atom stereocenters. The number of fused-ring (bicyclic) bond motifs is 1. The normalized spacial score (nSPS) is 20.1. The molecule has 1 saturated heterocycles. The van der Waals surface area contributed by atoms with Gasteiger partial charge in [0.2, 0.25) is 0 Å². The number of rotatable bonds is 5. The van der Waals surface area contributed by atoms with Gasteiger partial charge in [0, 0.05) is 49.7 Å². The highest BCUT2D eigenvalue weighted by molar-refractivity contribution is 7.94. The van der Waals surface area contributed by atoms with E-state index in [0.29, 0.717) is 35.9 Å². The van der Waals surface area contributed by atoms with Crippen LogP contribution in [0, 0.1) is 5.92 Å². The second-order valence-corrected chi connectivity index (χ2v) is 9.71. The molecule has 2 heterocycles. The minimum atomic E-state index is -0.102. The molecular formula is C26H31FN4O2S. The van der Waals surface area contributed by atoms with Crippen molar-refractivity contribution >= 4 is 30.1 Å². The molecule has 8 heteroatoms. The molecule has 1 aromatic rings. The fraction of sp³-hybridized carbons (Fsp3) is 0.423. The number of piperazine rings is 1. The summed E-state index contributed by atoms with van der Waals surface area (Å²) in [7, 11) is 2.04. The third kappa shape index (κ3) is 5.85. The van der Waals surface area contributed by atoms with E-state index in [2.05, 4.69) is 34.2 Å². The SMILES string of the molecule is C=C1NN=C(Cc2ccc(SF)c(C(=O)N3CCN(C)CC3)c2)C2=CCCC=C12.O=CC1CC1. The average Bonchev–Trinajstić information content (AvgIpc) is 3.71. The first kappa shape index (κ1) is 24.4. The van der Waals surface area contributed by atoms with Crippen molar-refractivity contribution in [3.8, 4) is 0 Å². The fourth-order valence-corrected chi connectivity index (χ4v) is 4.50. The number of likely N-dealkylation sites (N-methyl/N-ethyl adjacent to an activating group) is 1. The Balaban J connectivity index is 0.000000486. The molecule has 2 aliphatic heterocycles. The summed E-state index contributed by atoms with van der Waals surface area (Å²) in [5.74, 6) is 0.352. The molecule has 2 aliphatic carbocycles. The zero-order chi connectivity index (χ0) is 24.1. The third-order valence-electron chi connectivity index (χ3n) is 6.45. The van der Waals surface area contributed by atoms with Crippen LogP contribution in [-0.2, 0) is 11.2 Å². The van der Waals surface area contributed by atoms with E-state index in [0.717, 1.165) is 73.2 Å². The number of hydrazone groups is 1. The van der Waals surface area contributed by atoms with Crippen LogP contribution >= 0.6 is 12.1 Å². The van der Waals surface area contributed by atoms with Gasteiger partial charge in [0.1, 0.15) is 6.29 Å². The fourth-order valence-electron chi connectivity index (χ4n) is 4.15. The van der Waals surface area contributed by atoms with Crippen molar-refractivity contribution < 1.29 is 13.5 Å². The van der Waals surface area contributed by atoms with Crippen molar-refractivity contribution in [1.82, 2.24) is 15.2 Å². The number of nitrogens with one attached hydrogen (secondary N) is 1. The number of nitrogens with zero attached hydrogens (tertiary/aromatic N) is 3. The monoisotopic (exact) mass is 482 g/mol. The van der Waals surface area contributed by atoms with Crippen molar-refractivity contribution in [3.05, 3.63) is 64.9 Å². The van der Waals surface area contributed by atoms with Crippen molar-refractivity contribution in [2.24, 2.45) is 11.0 Å². The van der Waals surface area contributed by atoms with Crippen molar-refractivity contribution in [3.63, 3.8) is 0 Å². The van der Waals surface area contributed by atoms with E-state index in [9.17, 15) is 13.5 Å². The maximum Gasteiger partial charge on any atom is 0.255 e. The van der Waals surface area contributed by atoms with E-state index in [4.69, 9.17) is 0 Å². The summed E-state index contributed by atoms with van der Waals surface area (Å²) in [5.41, 5.74) is 8.33. The number of aldehydes is 1. The van der Waals surface area contributed by atoms with E-state index >= 15 is 0 Å². The van der Waals surface area contributed by atoms with Gasteiger partial charge in [0.05, 0.1) is 34.0 Å². The van der Waals surface area contributed by atoms with Gasteiger partial charge in [-0.3, -0.25) is 10.2 Å². The highest BCUT2D eigenvalue weighted by Gasteiger charge is 2.25. The number of carbonyl (C=O) groups is 2. The quantitative estimate of drug-likeness (QED) is 0.634. The number of amides is 1. The van der Waals surface area contributed by atoms with Crippen LogP contribution in [0.25, 0.3) is 0 Å². The van der Waals surface area contributed by atoms with Crippen LogP contribution < -0.4 is 5.43 Å². The van der Waals surface area contributed by atoms with Gasteiger partial charge in [-0.1, -0.05) is 24.8 Å². The van der Waals surface area contributed by atoms with Gasteiger partial charge >= 0.3 is 0 Å². The maximum absolute atomic E-state index is 13.5. The first-order valence-corrected chi connectivity index (χ1v) is 12.5. The van der Waals surface area contributed by atoms with E-state index in [1.54, 1.807) is 6.07 Å².